The van der Waals surface area contributed by atoms with Gasteiger partial charge in [0.2, 0.25) is 5.91 Å². The van der Waals surface area contributed by atoms with E-state index in [2.05, 4.69) is 24.5 Å². The molecule has 0 spiro atoms. The van der Waals surface area contributed by atoms with Crippen molar-refractivity contribution in [2.45, 2.75) is 111 Å². The van der Waals surface area contributed by atoms with E-state index in [1.54, 1.807) is 38.7 Å². The summed E-state index contributed by atoms with van der Waals surface area (Å²) in [5.74, 6) is -0.728. The number of aryl methyl sites for hydroxylation is 2. The number of nitrogens with zero attached hydrogens (tertiary/aromatic N) is 1. The predicted molar refractivity (Wildman–Crippen MR) is 167 cm³/mol. The summed E-state index contributed by atoms with van der Waals surface area (Å²) >= 11 is 6.45. The zero-order valence-electron chi connectivity index (χ0n) is 25.8. The zero-order valence-corrected chi connectivity index (χ0v) is 26.6. The van der Waals surface area contributed by atoms with Gasteiger partial charge in [-0.05, 0) is 70.2 Å². The van der Waals surface area contributed by atoms with Gasteiger partial charge in [0.25, 0.3) is 5.91 Å². The normalized spacial score (nSPS) is 12.8. The Balaban J connectivity index is 2.45. The minimum absolute atomic E-state index is 0.361. The first kappa shape index (κ1) is 34.1. The number of halogens is 1. The fourth-order valence-electron chi connectivity index (χ4n) is 4.61. The molecule has 2 N–H and O–H groups in total. The summed E-state index contributed by atoms with van der Waals surface area (Å²) in [7, 11) is 0. The fraction of sp³-hybridized carbons (Fsp3) is 0.545. The summed E-state index contributed by atoms with van der Waals surface area (Å²) < 4.78 is 5.38. The van der Waals surface area contributed by atoms with Crippen molar-refractivity contribution in [3.8, 4) is 0 Å². The molecule has 0 aliphatic heterocycles. The van der Waals surface area contributed by atoms with E-state index in [1.807, 2.05) is 43.3 Å². The van der Waals surface area contributed by atoms with Gasteiger partial charge in [0.1, 0.15) is 17.7 Å². The lowest BCUT2D eigenvalue weighted by atomic mass is 9.99. The van der Waals surface area contributed by atoms with Crippen molar-refractivity contribution in [2.24, 2.45) is 0 Å². The smallest absolute Gasteiger partial charge is 0.408 e. The first-order valence-electron chi connectivity index (χ1n) is 14.8. The van der Waals surface area contributed by atoms with Crippen molar-refractivity contribution < 1.29 is 19.1 Å². The quantitative estimate of drug-likeness (QED) is 0.220. The lowest BCUT2D eigenvalue weighted by Gasteiger charge is -2.34. The van der Waals surface area contributed by atoms with E-state index in [-0.39, 0.29) is 11.8 Å². The van der Waals surface area contributed by atoms with Crippen molar-refractivity contribution >= 4 is 35.2 Å². The molecule has 2 rings (SSSR count). The first-order chi connectivity index (χ1) is 19.4. The number of hydrogen-bond donors (Lipinski definition) is 2. The molecule has 0 aromatic heterocycles. The Morgan fingerprint density at radius 1 is 0.951 bits per heavy atom. The number of carbonyl (C=O) groups is 3. The minimum Gasteiger partial charge on any atom is -0.444 e. The van der Waals surface area contributed by atoms with Gasteiger partial charge in [0, 0.05) is 6.54 Å². The molecule has 0 radical (unpaired) electrons. The Bertz CT molecular complexity index is 1120. The Kier molecular flexibility index (Phi) is 13.7. The lowest BCUT2D eigenvalue weighted by molar-refractivity contribution is -0.140. The van der Waals surface area contributed by atoms with Crippen molar-refractivity contribution in [2.75, 3.05) is 11.9 Å². The molecule has 0 heterocycles. The van der Waals surface area contributed by atoms with E-state index in [4.69, 9.17) is 16.3 Å². The van der Waals surface area contributed by atoms with Gasteiger partial charge in [-0.25, -0.2) is 4.79 Å². The summed E-state index contributed by atoms with van der Waals surface area (Å²) in [5.41, 5.74) is 2.44. The van der Waals surface area contributed by atoms with E-state index in [9.17, 15) is 14.4 Å². The molecular formula is C33H48ClN3O4. The average Bonchev–Trinajstić information content (AvgIpc) is 2.90. The van der Waals surface area contributed by atoms with Gasteiger partial charge >= 0.3 is 6.09 Å². The SMILES string of the molecule is CCCCCCCCN(C(=O)C(C)NC(=O)OC(C)(C)C)C(C(=O)Nc1c(C)cccc1Cl)c1ccc(CC)cc1. The van der Waals surface area contributed by atoms with Crippen LogP contribution in [0.4, 0.5) is 10.5 Å². The average molecular weight is 586 g/mol. The van der Waals surface area contributed by atoms with Crippen molar-refractivity contribution in [1.82, 2.24) is 10.2 Å². The van der Waals surface area contributed by atoms with E-state index in [0.717, 1.165) is 49.7 Å². The molecule has 8 heteroatoms. The number of ether oxygens (including phenoxy) is 1. The van der Waals surface area contributed by atoms with Crippen LogP contribution in [0.5, 0.6) is 0 Å². The third-order valence-electron chi connectivity index (χ3n) is 6.87. The molecule has 0 saturated heterocycles. The molecule has 7 nitrogen and oxygen atoms in total. The number of para-hydroxylation sites is 1. The molecule has 0 saturated carbocycles. The number of alkyl carbamates (subject to hydrolysis) is 1. The highest BCUT2D eigenvalue weighted by molar-refractivity contribution is 6.34. The number of hydrogen-bond acceptors (Lipinski definition) is 4. The Labute approximate surface area is 251 Å². The van der Waals surface area contributed by atoms with Crippen LogP contribution in [-0.4, -0.2) is 41.0 Å². The molecule has 2 atom stereocenters. The van der Waals surface area contributed by atoms with E-state index in [1.165, 1.54) is 6.42 Å². The third-order valence-corrected chi connectivity index (χ3v) is 7.19. The number of amides is 3. The minimum atomic E-state index is -0.928. The largest absolute Gasteiger partial charge is 0.444 e. The van der Waals surface area contributed by atoms with E-state index in [0.29, 0.717) is 22.8 Å². The molecule has 0 aliphatic carbocycles. The Hall–Kier alpha value is -3.06. The number of benzene rings is 2. The van der Waals surface area contributed by atoms with E-state index >= 15 is 0 Å². The van der Waals surface area contributed by atoms with Crippen LogP contribution in [0.25, 0.3) is 0 Å². The molecule has 0 fully saturated rings. The number of anilines is 1. The lowest BCUT2D eigenvalue weighted by Crippen LogP contribution is -2.51. The highest BCUT2D eigenvalue weighted by Gasteiger charge is 2.35. The van der Waals surface area contributed by atoms with Gasteiger partial charge in [-0.1, -0.05) is 94.0 Å². The fourth-order valence-corrected chi connectivity index (χ4v) is 4.88. The van der Waals surface area contributed by atoms with Gasteiger partial charge in [-0.3, -0.25) is 9.59 Å². The molecule has 2 aromatic rings. The van der Waals surface area contributed by atoms with Crippen LogP contribution >= 0.6 is 11.6 Å². The Morgan fingerprint density at radius 2 is 1.59 bits per heavy atom. The zero-order chi connectivity index (χ0) is 30.6. The molecular weight excluding hydrogens is 538 g/mol. The van der Waals surface area contributed by atoms with Crippen molar-refractivity contribution in [1.29, 1.82) is 0 Å². The van der Waals surface area contributed by atoms with Crippen LogP contribution in [-0.2, 0) is 20.7 Å². The van der Waals surface area contributed by atoms with Crippen LogP contribution in [0.15, 0.2) is 42.5 Å². The standard InChI is InChI=1S/C33H48ClN3O4/c1-8-10-11-12-13-14-22-37(31(39)24(4)35-32(40)41-33(5,6)7)29(26-20-18-25(9-2)19-21-26)30(38)36-28-23(3)16-15-17-27(28)34/h15-21,24,29H,8-14,22H2,1-7H3,(H,35,40)(H,36,38). The van der Waals surface area contributed by atoms with Crippen LogP contribution in [0.2, 0.25) is 5.02 Å². The monoisotopic (exact) mass is 585 g/mol. The van der Waals surface area contributed by atoms with Crippen LogP contribution < -0.4 is 10.6 Å². The number of unbranched alkanes of at least 4 members (excludes halogenated alkanes) is 5. The number of carbonyl (C=O) groups excluding carboxylic acids is 3. The molecule has 226 valence electrons. The van der Waals surface area contributed by atoms with Crippen LogP contribution in [0, 0.1) is 6.92 Å². The van der Waals surface area contributed by atoms with Crippen molar-refractivity contribution in [3.05, 3.63) is 64.2 Å². The van der Waals surface area contributed by atoms with Gasteiger partial charge in [-0.15, -0.1) is 0 Å². The second-order valence-corrected chi connectivity index (χ2v) is 12.0. The molecule has 3 amide bonds. The number of nitrogens with one attached hydrogen (secondary N) is 2. The highest BCUT2D eigenvalue weighted by Crippen LogP contribution is 2.30. The van der Waals surface area contributed by atoms with E-state index < -0.39 is 23.8 Å². The van der Waals surface area contributed by atoms with Gasteiger partial charge in [0.05, 0.1) is 10.7 Å². The van der Waals surface area contributed by atoms with Crippen molar-refractivity contribution in [3.63, 3.8) is 0 Å². The van der Waals surface area contributed by atoms with Gasteiger partial charge in [0.15, 0.2) is 0 Å². The first-order valence-corrected chi connectivity index (χ1v) is 15.2. The number of rotatable bonds is 14. The summed E-state index contributed by atoms with van der Waals surface area (Å²) in [6.45, 7) is 13.4. The maximum Gasteiger partial charge on any atom is 0.408 e. The van der Waals surface area contributed by atoms with Gasteiger partial charge in [-0.2, -0.15) is 0 Å². The third kappa shape index (κ3) is 11.0. The second-order valence-electron chi connectivity index (χ2n) is 11.6. The molecule has 2 aromatic carbocycles. The summed E-state index contributed by atoms with van der Waals surface area (Å²) in [6.07, 6.45) is 6.35. The molecule has 2 unspecified atom stereocenters. The maximum atomic E-state index is 14.0. The highest BCUT2D eigenvalue weighted by atomic mass is 35.5. The summed E-state index contributed by atoms with van der Waals surface area (Å²) in [6, 6.07) is 11.3. The predicted octanol–water partition coefficient (Wildman–Crippen LogP) is 7.99. The van der Waals surface area contributed by atoms with Crippen LogP contribution in [0.1, 0.15) is 103 Å². The summed E-state index contributed by atoms with van der Waals surface area (Å²) in [5, 5.41) is 6.08. The topological polar surface area (TPSA) is 87.7 Å². The molecule has 0 bridgehead atoms. The molecule has 41 heavy (non-hydrogen) atoms. The maximum absolute atomic E-state index is 14.0. The summed E-state index contributed by atoms with van der Waals surface area (Å²) in [4.78, 5) is 42.1. The van der Waals surface area contributed by atoms with Gasteiger partial charge < -0.3 is 20.3 Å². The second kappa shape index (κ2) is 16.4. The molecule has 0 aliphatic rings. The Morgan fingerprint density at radius 3 is 2.17 bits per heavy atom. The van der Waals surface area contributed by atoms with Crippen LogP contribution in [0.3, 0.4) is 0 Å².